The third-order valence-corrected chi connectivity index (χ3v) is 4.80. The Labute approximate surface area is 146 Å². The average molecular weight is 450 g/mol. The molecule has 2 aliphatic rings. The van der Waals surface area contributed by atoms with Crippen molar-refractivity contribution >= 4 is 45.9 Å². The van der Waals surface area contributed by atoms with Crippen LogP contribution in [0.3, 0.4) is 0 Å². The predicted octanol–water partition coefficient (Wildman–Crippen LogP) is 3.77. The van der Waals surface area contributed by atoms with Gasteiger partial charge in [-0.1, -0.05) is 47.0 Å². The maximum atomic E-state index is 6.00. The molecule has 0 aliphatic heterocycles. The van der Waals surface area contributed by atoms with Gasteiger partial charge >= 0.3 is 0 Å². The molecule has 0 saturated heterocycles. The number of rotatable bonds is 3. The molecule has 1 aromatic rings. The van der Waals surface area contributed by atoms with E-state index in [4.69, 9.17) is 5.73 Å². The van der Waals surface area contributed by atoms with E-state index in [1.54, 1.807) is 0 Å². The number of halogens is 2. The molecule has 0 aromatic heterocycles. The second-order valence-corrected chi connectivity index (χ2v) is 6.43. The fourth-order valence-corrected chi connectivity index (χ4v) is 3.51. The summed E-state index contributed by atoms with van der Waals surface area (Å²) >= 11 is 3.61. The smallest absolute Gasteiger partial charge is 0.189 e. The van der Waals surface area contributed by atoms with Crippen molar-refractivity contribution in [1.82, 2.24) is 5.32 Å². The molecule has 0 heterocycles. The molecule has 0 bridgehead atoms. The van der Waals surface area contributed by atoms with Crippen LogP contribution in [0.1, 0.15) is 43.6 Å². The summed E-state index contributed by atoms with van der Waals surface area (Å²) in [6.45, 7) is 0. The van der Waals surface area contributed by atoms with Gasteiger partial charge in [0.05, 0.1) is 6.04 Å². The van der Waals surface area contributed by atoms with Crippen LogP contribution in [0.4, 0.5) is 0 Å². The van der Waals surface area contributed by atoms with Crippen molar-refractivity contribution in [2.45, 2.75) is 50.1 Å². The van der Waals surface area contributed by atoms with E-state index in [-0.39, 0.29) is 24.0 Å². The van der Waals surface area contributed by atoms with E-state index in [9.17, 15) is 0 Å². The average Bonchev–Trinajstić information content (AvgIpc) is 2.94. The van der Waals surface area contributed by atoms with Crippen molar-refractivity contribution in [3.63, 3.8) is 0 Å². The summed E-state index contributed by atoms with van der Waals surface area (Å²) in [5.74, 6) is 1.16. The Morgan fingerprint density at radius 3 is 2.65 bits per heavy atom. The molecular weight excluding hydrogens is 429 g/mol. The molecule has 0 radical (unpaired) electrons. The summed E-state index contributed by atoms with van der Waals surface area (Å²) < 4.78 is 1.18. The highest BCUT2D eigenvalue weighted by molar-refractivity contribution is 14.0. The van der Waals surface area contributed by atoms with Crippen molar-refractivity contribution in [3.8, 4) is 0 Å². The van der Waals surface area contributed by atoms with Crippen LogP contribution in [0.2, 0.25) is 0 Å². The topological polar surface area (TPSA) is 50.4 Å². The van der Waals surface area contributed by atoms with Crippen LogP contribution >= 0.6 is 39.9 Å². The molecule has 1 aromatic carbocycles. The van der Waals surface area contributed by atoms with Gasteiger partial charge in [-0.3, -0.25) is 0 Å². The number of nitrogens with zero attached hydrogens (tertiary/aromatic N) is 1. The van der Waals surface area contributed by atoms with Crippen molar-refractivity contribution in [3.05, 3.63) is 34.3 Å². The summed E-state index contributed by atoms with van der Waals surface area (Å²) in [7, 11) is 0. The molecule has 110 valence electrons. The molecule has 0 spiro atoms. The zero-order chi connectivity index (χ0) is 13.2. The molecule has 0 amide bonds. The standard InChI is InChI=1S/C15H20BrN3.HI/c16-13-8-4-3-7-11(13)12-9-14(12)19-15(17)18-10-5-1-2-6-10;/h3-4,7-8,10,12,14H,1-2,5-6,9H2,(H3,17,18,19);1H/t12-,14+;/m0./s1. The van der Waals surface area contributed by atoms with Gasteiger partial charge in [-0.25, -0.2) is 4.99 Å². The van der Waals surface area contributed by atoms with Gasteiger partial charge in [-0.05, 0) is 30.9 Å². The summed E-state index contributed by atoms with van der Waals surface area (Å²) in [6.07, 6.45) is 6.20. The Morgan fingerprint density at radius 1 is 1.25 bits per heavy atom. The van der Waals surface area contributed by atoms with Gasteiger partial charge in [0.1, 0.15) is 0 Å². The monoisotopic (exact) mass is 449 g/mol. The van der Waals surface area contributed by atoms with E-state index in [1.165, 1.54) is 35.7 Å². The maximum absolute atomic E-state index is 6.00. The van der Waals surface area contributed by atoms with Crippen molar-refractivity contribution < 1.29 is 0 Å². The van der Waals surface area contributed by atoms with Gasteiger partial charge in [0.2, 0.25) is 0 Å². The fourth-order valence-electron chi connectivity index (χ4n) is 2.93. The summed E-state index contributed by atoms with van der Waals surface area (Å²) in [5.41, 5.74) is 7.35. The lowest BCUT2D eigenvalue weighted by molar-refractivity contribution is 0.625. The number of nitrogens with two attached hydrogens (primary N) is 1. The van der Waals surface area contributed by atoms with Crippen molar-refractivity contribution in [2.24, 2.45) is 10.7 Å². The Morgan fingerprint density at radius 2 is 1.95 bits per heavy atom. The molecule has 2 aliphatic carbocycles. The van der Waals surface area contributed by atoms with Crippen LogP contribution < -0.4 is 11.1 Å². The second kappa shape index (κ2) is 7.11. The lowest BCUT2D eigenvalue weighted by Crippen LogP contribution is -2.38. The Bertz CT molecular complexity index is 486. The third-order valence-electron chi connectivity index (χ3n) is 4.07. The molecule has 3 rings (SSSR count). The van der Waals surface area contributed by atoms with Crippen molar-refractivity contribution in [2.75, 3.05) is 0 Å². The molecule has 2 atom stereocenters. The molecule has 2 fully saturated rings. The molecular formula is C15H21BrIN3. The fraction of sp³-hybridized carbons (Fsp3) is 0.533. The van der Waals surface area contributed by atoms with Gasteiger partial charge in [0, 0.05) is 16.4 Å². The largest absolute Gasteiger partial charge is 0.370 e. The van der Waals surface area contributed by atoms with Gasteiger partial charge in [0.15, 0.2) is 5.96 Å². The van der Waals surface area contributed by atoms with E-state index in [1.807, 2.05) is 6.07 Å². The van der Waals surface area contributed by atoms with E-state index in [2.05, 4.69) is 44.4 Å². The zero-order valence-corrected chi connectivity index (χ0v) is 15.3. The van der Waals surface area contributed by atoms with Crippen LogP contribution in [0.15, 0.2) is 33.7 Å². The van der Waals surface area contributed by atoms with Gasteiger partial charge in [-0.2, -0.15) is 0 Å². The number of hydrogen-bond donors (Lipinski definition) is 2. The first-order chi connectivity index (χ1) is 9.24. The lowest BCUT2D eigenvalue weighted by atomic mass is 10.1. The van der Waals surface area contributed by atoms with Crippen LogP contribution in [0.25, 0.3) is 0 Å². The molecule has 3 N–H and O–H groups in total. The van der Waals surface area contributed by atoms with Crippen LogP contribution in [0, 0.1) is 0 Å². The summed E-state index contributed by atoms with van der Waals surface area (Å²) in [6, 6.07) is 9.29. The lowest BCUT2D eigenvalue weighted by Gasteiger charge is -2.12. The zero-order valence-electron chi connectivity index (χ0n) is 11.4. The number of hydrogen-bond acceptors (Lipinski definition) is 1. The number of benzene rings is 1. The number of guanidine groups is 1. The summed E-state index contributed by atoms with van der Waals surface area (Å²) in [4.78, 5) is 4.61. The highest BCUT2D eigenvalue weighted by Gasteiger charge is 2.39. The highest BCUT2D eigenvalue weighted by Crippen LogP contribution is 2.45. The highest BCUT2D eigenvalue weighted by atomic mass is 127. The first kappa shape index (κ1) is 16.1. The van der Waals surface area contributed by atoms with Gasteiger partial charge in [0.25, 0.3) is 0 Å². The normalized spacial score (nSPS) is 26.1. The maximum Gasteiger partial charge on any atom is 0.189 e. The van der Waals surface area contributed by atoms with E-state index in [0.717, 1.165) is 6.42 Å². The molecule has 20 heavy (non-hydrogen) atoms. The minimum Gasteiger partial charge on any atom is -0.370 e. The Kier molecular flexibility index (Phi) is 5.72. The molecule has 5 heteroatoms. The molecule has 3 nitrogen and oxygen atoms in total. The summed E-state index contributed by atoms with van der Waals surface area (Å²) in [5, 5.41) is 3.35. The van der Waals surface area contributed by atoms with Gasteiger partial charge in [-0.15, -0.1) is 24.0 Å². The first-order valence-electron chi connectivity index (χ1n) is 7.08. The molecule has 2 saturated carbocycles. The minimum absolute atomic E-state index is 0. The van der Waals surface area contributed by atoms with Gasteiger partial charge < -0.3 is 11.1 Å². The Balaban J connectivity index is 0.00000147. The minimum atomic E-state index is 0. The quantitative estimate of drug-likeness (QED) is 0.419. The van der Waals surface area contributed by atoms with E-state index < -0.39 is 0 Å². The second-order valence-electron chi connectivity index (χ2n) is 5.57. The van der Waals surface area contributed by atoms with E-state index in [0.29, 0.717) is 24.0 Å². The molecule has 0 unspecified atom stereocenters. The Hall–Kier alpha value is -0.300. The van der Waals surface area contributed by atoms with Crippen molar-refractivity contribution in [1.29, 1.82) is 0 Å². The predicted molar refractivity (Wildman–Crippen MR) is 97.7 cm³/mol. The first-order valence-corrected chi connectivity index (χ1v) is 7.87. The SMILES string of the molecule is I.NC(=N[C@@H]1C[C@H]1c1ccccc1Br)NC1CCCC1. The number of nitrogens with one attached hydrogen (secondary N) is 1. The third kappa shape index (κ3) is 3.87. The van der Waals surface area contributed by atoms with Crippen LogP contribution in [0.5, 0.6) is 0 Å². The number of aliphatic imine (C=N–C) groups is 1. The van der Waals surface area contributed by atoms with E-state index >= 15 is 0 Å². The van der Waals surface area contributed by atoms with Crippen LogP contribution in [-0.4, -0.2) is 18.0 Å². The van der Waals surface area contributed by atoms with Crippen LogP contribution in [-0.2, 0) is 0 Å².